The second kappa shape index (κ2) is 6.12. The molecular formula is C14H14BrN3S. The first-order valence-electron chi connectivity index (χ1n) is 5.77. The van der Waals surface area contributed by atoms with Crippen molar-refractivity contribution in [3.8, 4) is 0 Å². The largest absolute Gasteiger partial charge is 0.389 e. The number of nitrogens with zero attached hydrogens (tertiary/aromatic N) is 2. The topological polar surface area (TPSA) is 42.1 Å². The second-order valence-electron chi connectivity index (χ2n) is 4.25. The van der Waals surface area contributed by atoms with Gasteiger partial charge in [0.05, 0.1) is 10.2 Å². The zero-order chi connectivity index (χ0) is 13.8. The van der Waals surface area contributed by atoms with Crippen molar-refractivity contribution in [2.45, 2.75) is 6.54 Å². The molecule has 3 nitrogen and oxygen atoms in total. The average Bonchev–Trinajstić information content (AvgIpc) is 2.39. The molecule has 2 rings (SSSR count). The summed E-state index contributed by atoms with van der Waals surface area (Å²) in [5.74, 6) is 0. The van der Waals surface area contributed by atoms with Gasteiger partial charge in [-0.3, -0.25) is 4.98 Å². The number of benzene rings is 1. The Balaban J connectivity index is 2.19. The third kappa shape index (κ3) is 3.52. The molecule has 0 aliphatic rings. The van der Waals surface area contributed by atoms with Gasteiger partial charge >= 0.3 is 0 Å². The summed E-state index contributed by atoms with van der Waals surface area (Å²) < 4.78 is 0.975. The molecule has 0 aliphatic carbocycles. The van der Waals surface area contributed by atoms with E-state index in [-0.39, 0.29) is 0 Å². The summed E-state index contributed by atoms with van der Waals surface area (Å²) in [5.41, 5.74) is 8.81. The van der Waals surface area contributed by atoms with E-state index < -0.39 is 0 Å². The minimum Gasteiger partial charge on any atom is -0.389 e. The van der Waals surface area contributed by atoms with Crippen molar-refractivity contribution in [1.82, 2.24) is 4.98 Å². The van der Waals surface area contributed by atoms with Crippen molar-refractivity contribution in [1.29, 1.82) is 0 Å². The molecule has 2 aromatic rings. The summed E-state index contributed by atoms with van der Waals surface area (Å²) in [6.07, 6.45) is 3.57. The van der Waals surface area contributed by atoms with E-state index in [0.717, 1.165) is 27.8 Å². The van der Waals surface area contributed by atoms with E-state index in [4.69, 9.17) is 18.0 Å². The minimum atomic E-state index is 0.426. The van der Waals surface area contributed by atoms with Gasteiger partial charge in [-0.05, 0) is 33.6 Å². The number of pyridine rings is 1. The molecule has 0 spiro atoms. The lowest BCUT2D eigenvalue weighted by molar-refractivity contribution is 0.917. The Morgan fingerprint density at radius 1 is 1.42 bits per heavy atom. The van der Waals surface area contributed by atoms with E-state index in [1.807, 2.05) is 31.3 Å². The fourth-order valence-corrected chi connectivity index (χ4v) is 2.54. The van der Waals surface area contributed by atoms with Crippen LogP contribution in [0.4, 0.5) is 5.69 Å². The zero-order valence-electron chi connectivity index (χ0n) is 10.5. The molecule has 19 heavy (non-hydrogen) atoms. The lowest BCUT2D eigenvalue weighted by Gasteiger charge is -2.20. The van der Waals surface area contributed by atoms with Crippen molar-refractivity contribution in [3.63, 3.8) is 0 Å². The fraction of sp³-hybridized carbons (Fsp3) is 0.143. The van der Waals surface area contributed by atoms with Gasteiger partial charge in [-0.1, -0.05) is 30.4 Å². The number of thiocarbonyl (C=S) groups is 1. The smallest absolute Gasteiger partial charge is 0.103 e. The lowest BCUT2D eigenvalue weighted by Crippen LogP contribution is -2.17. The highest BCUT2D eigenvalue weighted by Crippen LogP contribution is 2.24. The van der Waals surface area contributed by atoms with Crippen LogP contribution in [0.1, 0.15) is 11.1 Å². The Morgan fingerprint density at radius 3 is 2.89 bits per heavy atom. The summed E-state index contributed by atoms with van der Waals surface area (Å²) in [6, 6.07) is 9.95. The zero-order valence-corrected chi connectivity index (χ0v) is 12.9. The predicted octanol–water partition coefficient (Wildman–Crippen LogP) is 3.11. The molecule has 5 heteroatoms. The Labute approximate surface area is 126 Å². The number of hydrogen-bond donors (Lipinski definition) is 1. The molecule has 1 aromatic carbocycles. The van der Waals surface area contributed by atoms with Crippen LogP contribution in [0, 0.1) is 0 Å². The van der Waals surface area contributed by atoms with E-state index in [1.165, 1.54) is 0 Å². The molecule has 1 heterocycles. The molecule has 0 amide bonds. The highest BCUT2D eigenvalue weighted by Gasteiger charge is 2.07. The van der Waals surface area contributed by atoms with Crippen LogP contribution in [-0.4, -0.2) is 17.0 Å². The van der Waals surface area contributed by atoms with Gasteiger partial charge in [-0.25, -0.2) is 0 Å². The van der Waals surface area contributed by atoms with Gasteiger partial charge in [0.2, 0.25) is 0 Å². The fourth-order valence-electron chi connectivity index (χ4n) is 1.86. The molecule has 0 fully saturated rings. The number of anilines is 1. The van der Waals surface area contributed by atoms with E-state index in [9.17, 15) is 0 Å². The number of hydrogen-bond acceptors (Lipinski definition) is 3. The first-order valence-corrected chi connectivity index (χ1v) is 6.97. The van der Waals surface area contributed by atoms with Crippen molar-refractivity contribution in [3.05, 3.63) is 58.3 Å². The molecule has 0 unspecified atom stereocenters. The van der Waals surface area contributed by atoms with Gasteiger partial charge in [-0.2, -0.15) is 0 Å². The third-order valence-electron chi connectivity index (χ3n) is 2.79. The molecule has 0 bridgehead atoms. The van der Waals surface area contributed by atoms with Crippen molar-refractivity contribution in [2.75, 3.05) is 11.9 Å². The Morgan fingerprint density at radius 2 is 2.21 bits per heavy atom. The summed E-state index contributed by atoms with van der Waals surface area (Å²) in [4.78, 5) is 6.63. The van der Waals surface area contributed by atoms with Crippen LogP contribution < -0.4 is 10.6 Å². The minimum absolute atomic E-state index is 0.426. The maximum Gasteiger partial charge on any atom is 0.103 e. The summed E-state index contributed by atoms with van der Waals surface area (Å²) in [7, 11) is 2.04. The van der Waals surface area contributed by atoms with Crippen LogP contribution >= 0.6 is 28.1 Å². The molecule has 2 N–H and O–H groups in total. The van der Waals surface area contributed by atoms with Crippen LogP contribution in [0.2, 0.25) is 0 Å². The first kappa shape index (κ1) is 14.0. The normalized spacial score (nSPS) is 10.2. The monoisotopic (exact) mass is 335 g/mol. The third-order valence-corrected chi connectivity index (χ3v) is 3.64. The van der Waals surface area contributed by atoms with Crippen LogP contribution in [0.5, 0.6) is 0 Å². The summed E-state index contributed by atoms with van der Waals surface area (Å²) in [5, 5.41) is 0. The SMILES string of the molecule is CN(Cc1cccc(C(N)=S)c1)c1ccncc1Br. The van der Waals surface area contributed by atoms with Crippen LogP contribution in [0.25, 0.3) is 0 Å². The maximum atomic E-state index is 5.65. The summed E-state index contributed by atoms with van der Waals surface area (Å²) in [6.45, 7) is 0.777. The highest BCUT2D eigenvalue weighted by atomic mass is 79.9. The molecule has 1 aromatic heterocycles. The first-order chi connectivity index (χ1) is 9.08. The van der Waals surface area contributed by atoms with Gasteiger partial charge in [-0.15, -0.1) is 0 Å². The van der Waals surface area contributed by atoms with E-state index >= 15 is 0 Å². The van der Waals surface area contributed by atoms with Gasteiger partial charge in [0.15, 0.2) is 0 Å². The average molecular weight is 336 g/mol. The van der Waals surface area contributed by atoms with Gasteiger partial charge in [0, 0.05) is 31.5 Å². The summed E-state index contributed by atoms with van der Waals surface area (Å²) >= 11 is 8.50. The molecule has 98 valence electrons. The Bertz CT molecular complexity index is 601. The van der Waals surface area contributed by atoms with Gasteiger partial charge in [0.25, 0.3) is 0 Å². The van der Waals surface area contributed by atoms with E-state index in [2.05, 4.69) is 31.9 Å². The van der Waals surface area contributed by atoms with E-state index in [0.29, 0.717) is 4.99 Å². The highest BCUT2D eigenvalue weighted by molar-refractivity contribution is 9.10. The number of halogens is 1. The number of nitrogens with two attached hydrogens (primary N) is 1. The quantitative estimate of drug-likeness (QED) is 0.871. The van der Waals surface area contributed by atoms with Crippen LogP contribution in [0.3, 0.4) is 0 Å². The number of aromatic nitrogens is 1. The standard InChI is InChI=1S/C14H14BrN3S/c1-18(13-5-6-17-8-12(13)15)9-10-3-2-4-11(7-10)14(16)19/h2-8H,9H2,1H3,(H2,16,19). The molecule has 0 atom stereocenters. The van der Waals surface area contributed by atoms with Crippen LogP contribution in [-0.2, 0) is 6.54 Å². The molecule has 0 saturated carbocycles. The van der Waals surface area contributed by atoms with Gasteiger partial charge < -0.3 is 10.6 Å². The predicted molar refractivity (Wildman–Crippen MR) is 86.4 cm³/mol. The molecule has 0 aliphatic heterocycles. The van der Waals surface area contributed by atoms with Crippen molar-refractivity contribution >= 4 is 38.8 Å². The maximum absolute atomic E-state index is 5.65. The Hall–Kier alpha value is -1.46. The lowest BCUT2D eigenvalue weighted by atomic mass is 10.1. The molecule has 0 saturated heterocycles. The van der Waals surface area contributed by atoms with Crippen molar-refractivity contribution < 1.29 is 0 Å². The van der Waals surface area contributed by atoms with Crippen molar-refractivity contribution in [2.24, 2.45) is 5.73 Å². The number of rotatable bonds is 4. The molecular weight excluding hydrogens is 322 g/mol. The Kier molecular flexibility index (Phi) is 4.50. The van der Waals surface area contributed by atoms with Gasteiger partial charge in [0.1, 0.15) is 4.99 Å². The van der Waals surface area contributed by atoms with E-state index in [1.54, 1.807) is 12.4 Å². The second-order valence-corrected chi connectivity index (χ2v) is 5.54. The van der Waals surface area contributed by atoms with Crippen LogP contribution in [0.15, 0.2) is 47.2 Å². The molecule has 0 radical (unpaired) electrons.